The zero-order valence-corrected chi connectivity index (χ0v) is 13.4. The summed E-state index contributed by atoms with van der Waals surface area (Å²) in [5, 5.41) is 3.40. The lowest BCUT2D eigenvalue weighted by Crippen LogP contribution is -2.45. The van der Waals surface area contributed by atoms with E-state index < -0.39 is 9.84 Å². The molecule has 0 amide bonds. The van der Waals surface area contributed by atoms with Gasteiger partial charge < -0.3 is 5.32 Å². The molecule has 1 aliphatic carbocycles. The van der Waals surface area contributed by atoms with Gasteiger partial charge in [-0.25, -0.2) is 8.42 Å². The molecule has 0 aromatic heterocycles. The van der Waals surface area contributed by atoms with Crippen molar-refractivity contribution in [2.75, 3.05) is 32.4 Å². The number of benzene rings is 1. The van der Waals surface area contributed by atoms with Gasteiger partial charge in [-0.1, -0.05) is 25.0 Å². The number of hydrogen-bond acceptors (Lipinski definition) is 4. The van der Waals surface area contributed by atoms with E-state index in [9.17, 15) is 8.42 Å². The molecule has 0 unspecified atom stereocenters. The number of hydrogen-bond donors (Lipinski definition) is 1. The molecule has 2 aliphatic rings. The number of nitrogens with zero attached hydrogens (tertiary/aromatic N) is 1. The Hall–Kier alpha value is -0.910. The van der Waals surface area contributed by atoms with Crippen LogP contribution in [0.25, 0.3) is 0 Å². The van der Waals surface area contributed by atoms with Crippen LogP contribution in [0.2, 0.25) is 0 Å². The lowest BCUT2D eigenvalue weighted by molar-refractivity contribution is 0.160. The monoisotopic (exact) mass is 308 g/mol. The highest BCUT2D eigenvalue weighted by molar-refractivity contribution is 7.90. The average molecular weight is 308 g/mol. The molecular formula is C16H24N2O2S. The van der Waals surface area contributed by atoms with Gasteiger partial charge in [-0.15, -0.1) is 0 Å². The molecule has 21 heavy (non-hydrogen) atoms. The van der Waals surface area contributed by atoms with Gasteiger partial charge in [0.2, 0.25) is 0 Å². The lowest BCUT2D eigenvalue weighted by atomic mass is 9.99. The van der Waals surface area contributed by atoms with Gasteiger partial charge in [0.1, 0.15) is 0 Å². The summed E-state index contributed by atoms with van der Waals surface area (Å²) in [5.41, 5.74) is 1.26. The van der Waals surface area contributed by atoms with Gasteiger partial charge >= 0.3 is 0 Å². The molecular weight excluding hydrogens is 284 g/mol. The van der Waals surface area contributed by atoms with E-state index in [1.807, 2.05) is 12.1 Å². The Labute approximate surface area is 127 Å². The predicted molar refractivity (Wildman–Crippen MR) is 84.1 cm³/mol. The van der Waals surface area contributed by atoms with Crippen LogP contribution in [0.1, 0.15) is 30.9 Å². The van der Waals surface area contributed by atoms with E-state index in [0.29, 0.717) is 10.9 Å². The highest BCUT2D eigenvalue weighted by Gasteiger charge is 2.30. The minimum atomic E-state index is -3.10. The first-order valence-electron chi connectivity index (χ1n) is 7.79. The highest BCUT2D eigenvalue weighted by atomic mass is 32.2. The minimum Gasteiger partial charge on any atom is -0.314 e. The maximum Gasteiger partial charge on any atom is 0.175 e. The van der Waals surface area contributed by atoms with E-state index >= 15 is 0 Å². The highest BCUT2D eigenvalue weighted by Crippen LogP contribution is 2.40. The van der Waals surface area contributed by atoms with Crippen molar-refractivity contribution in [1.29, 1.82) is 0 Å². The molecule has 0 radical (unpaired) electrons. The number of piperazine rings is 1. The van der Waals surface area contributed by atoms with Crippen molar-refractivity contribution in [1.82, 2.24) is 10.2 Å². The third-order valence-electron chi connectivity index (χ3n) is 4.54. The summed E-state index contributed by atoms with van der Waals surface area (Å²) in [6.45, 7) is 4.24. The topological polar surface area (TPSA) is 49.4 Å². The molecule has 1 heterocycles. The summed E-state index contributed by atoms with van der Waals surface area (Å²) >= 11 is 0. The van der Waals surface area contributed by atoms with Crippen molar-refractivity contribution in [2.24, 2.45) is 5.92 Å². The molecule has 1 atom stereocenters. The van der Waals surface area contributed by atoms with E-state index in [-0.39, 0.29) is 0 Å². The molecule has 5 heteroatoms. The van der Waals surface area contributed by atoms with Crippen LogP contribution in [0.15, 0.2) is 29.2 Å². The van der Waals surface area contributed by atoms with E-state index in [1.165, 1.54) is 31.1 Å². The molecule has 3 rings (SSSR count). The molecule has 1 saturated carbocycles. The van der Waals surface area contributed by atoms with Crippen LogP contribution in [-0.4, -0.2) is 45.8 Å². The standard InChI is InChI=1S/C16H24N2O2S/c1-21(19,20)15-6-4-14(5-7-15)16(12-13-2-3-13)18-10-8-17-9-11-18/h4-7,13,16-17H,2-3,8-12H2,1H3/t16-/m1/s1. The van der Waals surface area contributed by atoms with Gasteiger partial charge in [-0.05, 0) is 30.0 Å². The van der Waals surface area contributed by atoms with Gasteiger partial charge in [-0.3, -0.25) is 4.90 Å². The third kappa shape index (κ3) is 3.84. The Bertz CT molecular complexity index is 573. The summed E-state index contributed by atoms with van der Waals surface area (Å²) in [7, 11) is -3.10. The molecule has 116 valence electrons. The molecule has 4 nitrogen and oxygen atoms in total. The molecule has 2 fully saturated rings. The van der Waals surface area contributed by atoms with Gasteiger partial charge in [0.25, 0.3) is 0 Å². The lowest BCUT2D eigenvalue weighted by Gasteiger charge is -2.35. The SMILES string of the molecule is CS(=O)(=O)c1ccc([C@@H](CC2CC2)N2CCNCC2)cc1. The van der Waals surface area contributed by atoms with Crippen molar-refractivity contribution in [3.05, 3.63) is 29.8 Å². The maximum absolute atomic E-state index is 11.6. The second kappa shape index (κ2) is 6.07. The van der Waals surface area contributed by atoms with Crippen LogP contribution in [0.4, 0.5) is 0 Å². The number of nitrogens with one attached hydrogen (secondary N) is 1. The normalized spacial score (nSPS) is 22.1. The predicted octanol–water partition coefficient (Wildman–Crippen LogP) is 1.84. The molecule has 0 spiro atoms. The van der Waals surface area contributed by atoms with Crippen molar-refractivity contribution in [2.45, 2.75) is 30.2 Å². The Balaban J connectivity index is 1.81. The largest absolute Gasteiger partial charge is 0.314 e. The summed E-state index contributed by atoms with van der Waals surface area (Å²) in [4.78, 5) is 2.96. The summed E-state index contributed by atoms with van der Waals surface area (Å²) < 4.78 is 23.2. The Morgan fingerprint density at radius 3 is 2.33 bits per heavy atom. The van der Waals surface area contributed by atoms with Crippen molar-refractivity contribution in [3.8, 4) is 0 Å². The van der Waals surface area contributed by atoms with Crippen LogP contribution < -0.4 is 5.32 Å². The van der Waals surface area contributed by atoms with Crippen LogP contribution in [0.5, 0.6) is 0 Å². The van der Waals surface area contributed by atoms with Crippen molar-refractivity contribution >= 4 is 9.84 Å². The van der Waals surface area contributed by atoms with Crippen LogP contribution >= 0.6 is 0 Å². The molecule has 1 aromatic rings. The Morgan fingerprint density at radius 1 is 1.19 bits per heavy atom. The molecule has 1 saturated heterocycles. The van der Waals surface area contributed by atoms with Crippen molar-refractivity contribution in [3.63, 3.8) is 0 Å². The summed E-state index contributed by atoms with van der Waals surface area (Å²) in [6.07, 6.45) is 5.17. The third-order valence-corrected chi connectivity index (χ3v) is 5.67. The molecule has 1 aliphatic heterocycles. The van der Waals surface area contributed by atoms with Gasteiger partial charge in [0.15, 0.2) is 9.84 Å². The van der Waals surface area contributed by atoms with Gasteiger partial charge in [-0.2, -0.15) is 0 Å². The number of rotatable bonds is 5. The summed E-state index contributed by atoms with van der Waals surface area (Å²) in [6, 6.07) is 7.96. The van der Waals surface area contributed by atoms with Crippen LogP contribution in [0, 0.1) is 5.92 Å². The molecule has 1 aromatic carbocycles. The zero-order valence-electron chi connectivity index (χ0n) is 12.6. The van der Waals surface area contributed by atoms with Gasteiger partial charge in [0, 0.05) is 38.5 Å². The molecule has 1 N–H and O–H groups in total. The van der Waals surface area contributed by atoms with Crippen LogP contribution in [0.3, 0.4) is 0 Å². The fourth-order valence-electron chi connectivity index (χ4n) is 3.10. The smallest absolute Gasteiger partial charge is 0.175 e. The molecule has 0 bridgehead atoms. The summed E-state index contributed by atoms with van der Waals surface area (Å²) in [5.74, 6) is 0.861. The first kappa shape index (κ1) is 15.0. The second-order valence-corrected chi connectivity index (χ2v) is 8.34. The quantitative estimate of drug-likeness (QED) is 0.902. The first-order chi connectivity index (χ1) is 10.0. The fourth-order valence-corrected chi connectivity index (χ4v) is 3.73. The van der Waals surface area contributed by atoms with Gasteiger partial charge in [0.05, 0.1) is 4.90 Å². The minimum absolute atomic E-state index is 0.414. The zero-order chi connectivity index (χ0) is 14.9. The Morgan fingerprint density at radius 2 is 1.81 bits per heavy atom. The maximum atomic E-state index is 11.6. The van der Waals surface area contributed by atoms with Crippen molar-refractivity contribution < 1.29 is 8.42 Å². The average Bonchev–Trinajstić information content (AvgIpc) is 3.29. The van der Waals surface area contributed by atoms with Crippen LogP contribution in [-0.2, 0) is 9.84 Å². The second-order valence-electron chi connectivity index (χ2n) is 6.32. The van der Waals surface area contributed by atoms with E-state index in [0.717, 1.165) is 32.1 Å². The first-order valence-corrected chi connectivity index (χ1v) is 9.68. The Kier molecular flexibility index (Phi) is 4.33. The fraction of sp³-hybridized carbons (Fsp3) is 0.625. The van der Waals surface area contributed by atoms with E-state index in [1.54, 1.807) is 12.1 Å². The van der Waals surface area contributed by atoms with E-state index in [4.69, 9.17) is 0 Å². The van der Waals surface area contributed by atoms with E-state index in [2.05, 4.69) is 10.2 Å². The number of sulfone groups is 1.